The first-order valence-corrected chi connectivity index (χ1v) is 8.92. The molecule has 118 valence electrons. The van der Waals surface area contributed by atoms with Gasteiger partial charge in [-0.25, -0.2) is 8.42 Å². The van der Waals surface area contributed by atoms with Crippen molar-refractivity contribution in [2.24, 2.45) is 0 Å². The van der Waals surface area contributed by atoms with E-state index < -0.39 is 9.84 Å². The van der Waals surface area contributed by atoms with Crippen LogP contribution in [0.25, 0.3) is 0 Å². The number of hydrogen-bond acceptors (Lipinski definition) is 5. The van der Waals surface area contributed by atoms with Gasteiger partial charge in [0, 0.05) is 32.8 Å². The Bertz CT molecular complexity index is 560. The van der Waals surface area contributed by atoms with Crippen molar-refractivity contribution in [3.63, 3.8) is 0 Å². The second-order valence-corrected chi connectivity index (χ2v) is 7.53. The van der Waals surface area contributed by atoms with Gasteiger partial charge in [-0.2, -0.15) is 0 Å². The fourth-order valence-electron chi connectivity index (χ4n) is 2.59. The second kappa shape index (κ2) is 7.35. The van der Waals surface area contributed by atoms with Gasteiger partial charge in [-0.05, 0) is 25.1 Å². The van der Waals surface area contributed by atoms with Gasteiger partial charge < -0.3 is 15.0 Å². The summed E-state index contributed by atoms with van der Waals surface area (Å²) in [4.78, 5) is 2.68. The molecule has 21 heavy (non-hydrogen) atoms. The quantitative estimate of drug-likeness (QED) is 0.816. The Morgan fingerprint density at radius 2 is 2.10 bits per heavy atom. The monoisotopic (exact) mass is 312 g/mol. The predicted molar refractivity (Wildman–Crippen MR) is 83.2 cm³/mol. The number of hydrogen-bond donors (Lipinski definition) is 1. The molecule has 0 bridgehead atoms. The predicted octanol–water partition coefficient (Wildman–Crippen LogP) is 1.07. The zero-order chi connectivity index (χ0) is 15.3. The molecule has 1 N–H and O–H groups in total. The maximum Gasteiger partial charge on any atom is 0.178 e. The molecule has 2 rings (SSSR count). The number of ether oxygens (including phenoxy) is 1. The van der Waals surface area contributed by atoms with Crippen molar-refractivity contribution < 1.29 is 13.2 Å². The molecule has 0 spiro atoms. The van der Waals surface area contributed by atoms with Crippen LogP contribution in [-0.4, -0.2) is 59.5 Å². The third-order valence-corrected chi connectivity index (χ3v) is 5.68. The van der Waals surface area contributed by atoms with Crippen molar-refractivity contribution in [2.45, 2.75) is 17.4 Å². The number of sulfone groups is 1. The zero-order valence-electron chi connectivity index (χ0n) is 12.7. The highest BCUT2D eigenvalue weighted by Crippen LogP contribution is 2.31. The molecule has 0 fully saturated rings. The van der Waals surface area contributed by atoms with Crippen LogP contribution in [0, 0.1) is 0 Å². The third kappa shape index (κ3) is 4.26. The first-order valence-electron chi connectivity index (χ1n) is 7.27. The smallest absolute Gasteiger partial charge is 0.178 e. The van der Waals surface area contributed by atoms with E-state index >= 15 is 0 Å². The normalized spacial score (nSPS) is 20.4. The van der Waals surface area contributed by atoms with E-state index in [0.717, 1.165) is 31.8 Å². The van der Waals surface area contributed by atoms with Gasteiger partial charge in [-0.15, -0.1) is 0 Å². The number of nitrogens with one attached hydrogen (secondary N) is 1. The van der Waals surface area contributed by atoms with Gasteiger partial charge in [0.05, 0.1) is 17.3 Å². The Balaban J connectivity index is 1.93. The van der Waals surface area contributed by atoms with Crippen LogP contribution in [0.15, 0.2) is 29.2 Å². The second-order valence-electron chi connectivity index (χ2n) is 5.45. The fraction of sp³-hybridized carbons (Fsp3) is 0.600. The van der Waals surface area contributed by atoms with E-state index in [1.165, 1.54) is 0 Å². The lowest BCUT2D eigenvalue weighted by Gasteiger charge is -2.27. The molecule has 0 radical (unpaired) electrons. The van der Waals surface area contributed by atoms with Crippen molar-refractivity contribution >= 4 is 9.84 Å². The molecule has 0 saturated heterocycles. The van der Waals surface area contributed by atoms with E-state index in [9.17, 15) is 8.42 Å². The summed E-state index contributed by atoms with van der Waals surface area (Å²) in [7, 11) is 0.660. The molecule has 6 heteroatoms. The summed E-state index contributed by atoms with van der Waals surface area (Å²) in [5.74, 6) is 0.223. The van der Waals surface area contributed by atoms with Gasteiger partial charge in [0.2, 0.25) is 0 Å². The van der Waals surface area contributed by atoms with Gasteiger partial charge in [0.25, 0.3) is 0 Å². The van der Waals surface area contributed by atoms with E-state index in [0.29, 0.717) is 11.3 Å². The van der Waals surface area contributed by atoms with Crippen LogP contribution in [0.3, 0.4) is 0 Å². The number of fused-ring (bicyclic) bond motifs is 1. The first kappa shape index (κ1) is 16.4. The van der Waals surface area contributed by atoms with Crippen LogP contribution in [0.1, 0.15) is 18.0 Å². The van der Waals surface area contributed by atoms with Crippen LogP contribution in [0.5, 0.6) is 0 Å². The lowest BCUT2D eigenvalue weighted by atomic mass is 10.0. The van der Waals surface area contributed by atoms with E-state index in [1.54, 1.807) is 19.2 Å². The topological polar surface area (TPSA) is 58.6 Å². The Morgan fingerprint density at radius 1 is 1.33 bits per heavy atom. The minimum atomic E-state index is -3.10. The van der Waals surface area contributed by atoms with Gasteiger partial charge in [-0.3, -0.25) is 0 Å². The third-order valence-electron chi connectivity index (χ3n) is 3.87. The minimum Gasteiger partial charge on any atom is -0.383 e. The SMILES string of the molecule is COCCN(C)CCNC1CCS(=O)(=O)c2ccccc21. The summed E-state index contributed by atoms with van der Waals surface area (Å²) in [6.07, 6.45) is 0.640. The highest BCUT2D eigenvalue weighted by atomic mass is 32.2. The molecule has 1 aromatic carbocycles. The van der Waals surface area contributed by atoms with E-state index in [4.69, 9.17) is 4.74 Å². The molecule has 1 aromatic rings. The number of likely N-dealkylation sites (N-methyl/N-ethyl adjacent to an activating group) is 1. The minimum absolute atomic E-state index is 0.126. The fourth-order valence-corrected chi connectivity index (χ4v) is 4.21. The summed E-state index contributed by atoms with van der Waals surface area (Å²) >= 11 is 0. The first-order chi connectivity index (χ1) is 10.0. The summed E-state index contributed by atoms with van der Waals surface area (Å²) in [6, 6.07) is 7.44. The maximum atomic E-state index is 12.1. The summed E-state index contributed by atoms with van der Waals surface area (Å²) in [6.45, 7) is 3.36. The molecule has 5 nitrogen and oxygen atoms in total. The molecule has 0 aromatic heterocycles. The molecular weight excluding hydrogens is 288 g/mol. The Morgan fingerprint density at radius 3 is 2.86 bits per heavy atom. The van der Waals surface area contributed by atoms with Crippen LogP contribution in [0.2, 0.25) is 0 Å². The van der Waals surface area contributed by atoms with E-state index in [2.05, 4.69) is 17.3 Å². The molecular formula is C15H24N2O3S. The summed E-state index contributed by atoms with van der Waals surface area (Å²) < 4.78 is 29.2. The van der Waals surface area contributed by atoms with E-state index in [-0.39, 0.29) is 11.8 Å². The Labute approximate surface area is 127 Å². The number of rotatable bonds is 7. The Hall–Kier alpha value is -0.950. The van der Waals surface area contributed by atoms with Gasteiger partial charge >= 0.3 is 0 Å². The number of benzene rings is 1. The molecule has 1 aliphatic rings. The standard InChI is InChI=1S/C15H24N2O3S/c1-17(10-11-20-2)9-8-16-14-7-12-21(18,19)15-6-4-3-5-13(14)15/h3-6,14,16H,7-12H2,1-2H3. The number of methoxy groups -OCH3 is 1. The largest absolute Gasteiger partial charge is 0.383 e. The molecule has 1 aliphatic heterocycles. The van der Waals surface area contributed by atoms with Crippen molar-refractivity contribution in [1.82, 2.24) is 10.2 Å². The van der Waals surface area contributed by atoms with Crippen LogP contribution < -0.4 is 5.32 Å². The number of nitrogens with zero attached hydrogens (tertiary/aromatic N) is 1. The van der Waals surface area contributed by atoms with Crippen LogP contribution >= 0.6 is 0 Å². The van der Waals surface area contributed by atoms with Crippen LogP contribution in [-0.2, 0) is 14.6 Å². The average molecular weight is 312 g/mol. The molecule has 0 amide bonds. The van der Waals surface area contributed by atoms with Crippen molar-refractivity contribution in [2.75, 3.05) is 46.2 Å². The summed E-state index contributed by atoms with van der Waals surface area (Å²) in [5.41, 5.74) is 0.906. The van der Waals surface area contributed by atoms with Gasteiger partial charge in [0.1, 0.15) is 0 Å². The molecule has 1 heterocycles. The lowest BCUT2D eigenvalue weighted by molar-refractivity contribution is 0.161. The maximum absolute atomic E-state index is 12.1. The van der Waals surface area contributed by atoms with Crippen molar-refractivity contribution in [3.05, 3.63) is 29.8 Å². The molecule has 0 saturated carbocycles. The summed E-state index contributed by atoms with van der Waals surface area (Å²) in [5, 5.41) is 3.48. The van der Waals surface area contributed by atoms with E-state index in [1.807, 2.05) is 12.1 Å². The average Bonchev–Trinajstić information content (AvgIpc) is 2.48. The van der Waals surface area contributed by atoms with Gasteiger partial charge in [-0.1, -0.05) is 18.2 Å². The highest BCUT2D eigenvalue weighted by molar-refractivity contribution is 7.91. The Kier molecular flexibility index (Phi) is 5.75. The zero-order valence-corrected chi connectivity index (χ0v) is 13.5. The van der Waals surface area contributed by atoms with Gasteiger partial charge in [0.15, 0.2) is 9.84 Å². The van der Waals surface area contributed by atoms with Crippen LogP contribution in [0.4, 0.5) is 0 Å². The molecule has 0 aliphatic carbocycles. The van der Waals surface area contributed by atoms with Crippen molar-refractivity contribution in [1.29, 1.82) is 0 Å². The molecule has 1 unspecified atom stereocenters. The molecule has 1 atom stereocenters. The highest BCUT2D eigenvalue weighted by Gasteiger charge is 2.29. The van der Waals surface area contributed by atoms with Crippen molar-refractivity contribution in [3.8, 4) is 0 Å². The lowest BCUT2D eigenvalue weighted by Crippen LogP contribution is -2.35.